The Bertz CT molecular complexity index is 421. The average Bonchev–Trinajstić information content (AvgIpc) is 2.17. The third-order valence-corrected chi connectivity index (χ3v) is 2.27. The number of hydrogen-bond acceptors (Lipinski definition) is 3. The van der Waals surface area contributed by atoms with Gasteiger partial charge in [0.25, 0.3) is 0 Å². The molecule has 1 aromatic carbocycles. The smallest absolute Gasteiger partial charge is 0.170 e. The molecule has 1 aliphatic rings. The van der Waals surface area contributed by atoms with Crippen molar-refractivity contribution in [2.45, 2.75) is 20.0 Å². The minimum Gasteiger partial charge on any atom is -0.392 e. The highest BCUT2D eigenvalue weighted by Gasteiger charge is 2.17. The molecule has 14 heavy (non-hydrogen) atoms. The van der Waals surface area contributed by atoms with Crippen LogP contribution >= 0.6 is 0 Å². The van der Waals surface area contributed by atoms with Gasteiger partial charge in [0.1, 0.15) is 0 Å². The number of carbonyl (C=O) groups excluding carboxylic acids is 1. The first kappa shape index (κ1) is 9.09. The van der Waals surface area contributed by atoms with E-state index in [2.05, 4.69) is 4.99 Å². The van der Waals surface area contributed by atoms with Crippen LogP contribution in [0.15, 0.2) is 23.2 Å². The summed E-state index contributed by atoms with van der Waals surface area (Å²) in [6.45, 7) is 1.81. The van der Waals surface area contributed by atoms with Gasteiger partial charge in [-0.3, -0.25) is 9.79 Å². The average molecular weight is 189 g/mol. The molecule has 0 fully saturated rings. The Hall–Kier alpha value is -1.48. The van der Waals surface area contributed by atoms with Crippen LogP contribution < -0.4 is 0 Å². The van der Waals surface area contributed by atoms with Gasteiger partial charge in [0.15, 0.2) is 5.78 Å². The zero-order valence-corrected chi connectivity index (χ0v) is 7.95. The molecule has 0 spiro atoms. The largest absolute Gasteiger partial charge is 0.392 e. The summed E-state index contributed by atoms with van der Waals surface area (Å²) in [6.07, 6.45) is 0.391. The molecule has 0 aliphatic carbocycles. The highest BCUT2D eigenvalue weighted by Crippen LogP contribution is 2.26. The molecule has 0 unspecified atom stereocenters. The maximum Gasteiger partial charge on any atom is 0.170 e. The predicted molar refractivity (Wildman–Crippen MR) is 54.1 cm³/mol. The number of hydrogen-bond donors (Lipinski definition) is 1. The topological polar surface area (TPSA) is 49.7 Å². The number of fused-ring (bicyclic) bond motifs is 1. The van der Waals surface area contributed by atoms with Gasteiger partial charge >= 0.3 is 0 Å². The number of ketones is 1. The number of benzene rings is 1. The van der Waals surface area contributed by atoms with Gasteiger partial charge in [0, 0.05) is 17.7 Å². The van der Waals surface area contributed by atoms with Crippen molar-refractivity contribution >= 4 is 17.2 Å². The number of aliphatic imine (C=N–C) groups is 1. The fourth-order valence-electron chi connectivity index (χ4n) is 1.58. The highest BCUT2D eigenvalue weighted by molar-refractivity contribution is 6.15. The van der Waals surface area contributed by atoms with Crippen molar-refractivity contribution in [1.29, 1.82) is 0 Å². The van der Waals surface area contributed by atoms with E-state index in [4.69, 9.17) is 5.11 Å². The molecule has 0 bridgehead atoms. The number of aliphatic hydroxyl groups excluding tert-OH is 1. The van der Waals surface area contributed by atoms with Gasteiger partial charge in [-0.1, -0.05) is 6.07 Å². The van der Waals surface area contributed by atoms with Gasteiger partial charge in [0.05, 0.1) is 12.3 Å². The molecule has 3 nitrogen and oxygen atoms in total. The van der Waals surface area contributed by atoms with Gasteiger partial charge in [-0.05, 0) is 24.6 Å². The Morgan fingerprint density at radius 1 is 1.50 bits per heavy atom. The van der Waals surface area contributed by atoms with Crippen molar-refractivity contribution in [2.24, 2.45) is 4.99 Å². The van der Waals surface area contributed by atoms with Crippen molar-refractivity contribution < 1.29 is 9.90 Å². The summed E-state index contributed by atoms with van der Waals surface area (Å²) >= 11 is 0. The third kappa shape index (κ3) is 1.46. The van der Waals surface area contributed by atoms with Crippen LogP contribution in [-0.4, -0.2) is 16.6 Å². The van der Waals surface area contributed by atoms with Crippen molar-refractivity contribution in [3.63, 3.8) is 0 Å². The number of carbonyl (C=O) groups is 1. The van der Waals surface area contributed by atoms with E-state index in [9.17, 15) is 4.79 Å². The van der Waals surface area contributed by atoms with Crippen molar-refractivity contribution in [1.82, 2.24) is 0 Å². The zero-order valence-electron chi connectivity index (χ0n) is 7.95. The molecule has 1 aromatic rings. The van der Waals surface area contributed by atoms with Gasteiger partial charge in [-0.2, -0.15) is 0 Å². The lowest BCUT2D eigenvalue weighted by Gasteiger charge is -2.12. The maximum absolute atomic E-state index is 11.6. The third-order valence-electron chi connectivity index (χ3n) is 2.27. The van der Waals surface area contributed by atoms with Crippen LogP contribution in [0.4, 0.5) is 5.69 Å². The fourth-order valence-corrected chi connectivity index (χ4v) is 1.58. The Kier molecular flexibility index (Phi) is 2.17. The Morgan fingerprint density at radius 2 is 2.29 bits per heavy atom. The van der Waals surface area contributed by atoms with Crippen LogP contribution in [0.2, 0.25) is 0 Å². The summed E-state index contributed by atoms with van der Waals surface area (Å²) in [5, 5.41) is 8.93. The molecule has 72 valence electrons. The van der Waals surface area contributed by atoms with Crippen molar-refractivity contribution in [3.05, 3.63) is 29.3 Å². The first-order valence-corrected chi connectivity index (χ1v) is 4.52. The molecule has 2 rings (SSSR count). The molecule has 3 heteroatoms. The molecule has 1 N–H and O–H groups in total. The van der Waals surface area contributed by atoms with Crippen LogP contribution in [0.5, 0.6) is 0 Å². The zero-order chi connectivity index (χ0) is 10.1. The predicted octanol–water partition coefficient (Wildman–Crippen LogP) is 1.86. The van der Waals surface area contributed by atoms with Gasteiger partial charge < -0.3 is 5.11 Å². The van der Waals surface area contributed by atoms with E-state index < -0.39 is 0 Å². The van der Waals surface area contributed by atoms with Gasteiger partial charge in [0.2, 0.25) is 0 Å². The molecule has 0 radical (unpaired) electrons. The van der Waals surface area contributed by atoms with Crippen LogP contribution in [-0.2, 0) is 6.61 Å². The minimum absolute atomic E-state index is 0.0384. The van der Waals surface area contributed by atoms with Crippen LogP contribution in [0.25, 0.3) is 0 Å². The first-order chi connectivity index (χ1) is 6.70. The Labute approximate surface area is 82.1 Å². The SMILES string of the molecule is CC1=Nc2ccc(CO)cc2C(=O)C1. The highest BCUT2D eigenvalue weighted by atomic mass is 16.3. The van der Waals surface area contributed by atoms with Gasteiger partial charge in [-0.15, -0.1) is 0 Å². The normalized spacial score (nSPS) is 15.0. The lowest BCUT2D eigenvalue weighted by atomic mass is 9.99. The molecule has 0 amide bonds. The van der Waals surface area contributed by atoms with Crippen molar-refractivity contribution in [3.8, 4) is 0 Å². The summed E-state index contributed by atoms with van der Waals surface area (Å²) in [7, 11) is 0. The number of Topliss-reactive ketones (excluding diaryl/α,β-unsaturated/α-hetero) is 1. The number of aliphatic hydroxyl groups is 1. The fraction of sp³-hybridized carbons (Fsp3) is 0.273. The lowest BCUT2D eigenvalue weighted by Crippen LogP contribution is -2.10. The molecule has 0 saturated heterocycles. The summed E-state index contributed by atoms with van der Waals surface area (Å²) in [5.74, 6) is 0.0859. The van der Waals surface area contributed by atoms with E-state index in [1.807, 2.05) is 6.92 Å². The van der Waals surface area contributed by atoms with E-state index >= 15 is 0 Å². The van der Waals surface area contributed by atoms with Crippen LogP contribution in [0, 0.1) is 0 Å². The molecule has 0 saturated carbocycles. The lowest BCUT2D eigenvalue weighted by molar-refractivity contribution is 0.0999. The summed E-state index contributed by atoms with van der Waals surface area (Å²) < 4.78 is 0. The standard InChI is InChI=1S/C11H11NO2/c1-7-4-11(14)9-5-8(6-13)2-3-10(9)12-7/h2-3,5,13H,4,6H2,1H3. The summed E-state index contributed by atoms with van der Waals surface area (Å²) in [6, 6.07) is 5.28. The molecule has 0 atom stereocenters. The molecular weight excluding hydrogens is 178 g/mol. The van der Waals surface area contributed by atoms with E-state index in [1.54, 1.807) is 18.2 Å². The summed E-state index contributed by atoms with van der Waals surface area (Å²) in [4.78, 5) is 15.9. The second-order valence-electron chi connectivity index (χ2n) is 3.46. The molecule has 1 heterocycles. The monoisotopic (exact) mass is 189 g/mol. The van der Waals surface area contributed by atoms with Crippen LogP contribution in [0.3, 0.4) is 0 Å². The first-order valence-electron chi connectivity index (χ1n) is 4.52. The molecule has 1 aliphatic heterocycles. The summed E-state index contributed by atoms with van der Waals surface area (Å²) in [5.41, 5.74) is 2.95. The number of nitrogens with zero attached hydrogens (tertiary/aromatic N) is 1. The van der Waals surface area contributed by atoms with E-state index in [0.29, 0.717) is 12.0 Å². The Balaban J connectivity index is 2.55. The van der Waals surface area contributed by atoms with Gasteiger partial charge in [-0.25, -0.2) is 0 Å². The quantitative estimate of drug-likeness (QED) is 0.733. The maximum atomic E-state index is 11.6. The van der Waals surface area contributed by atoms with Crippen molar-refractivity contribution in [2.75, 3.05) is 0 Å². The van der Waals surface area contributed by atoms with E-state index in [-0.39, 0.29) is 12.4 Å². The number of rotatable bonds is 1. The molecular formula is C11H11NO2. The van der Waals surface area contributed by atoms with Crippen LogP contribution in [0.1, 0.15) is 29.3 Å². The van der Waals surface area contributed by atoms with E-state index in [1.165, 1.54) is 0 Å². The van der Waals surface area contributed by atoms with E-state index in [0.717, 1.165) is 17.0 Å². The Morgan fingerprint density at radius 3 is 3.00 bits per heavy atom. The second kappa shape index (κ2) is 3.35. The minimum atomic E-state index is -0.0384. The molecule has 0 aromatic heterocycles. The second-order valence-corrected chi connectivity index (χ2v) is 3.46.